The van der Waals surface area contributed by atoms with E-state index in [2.05, 4.69) is 19.2 Å². The summed E-state index contributed by atoms with van der Waals surface area (Å²) in [5.41, 5.74) is 7.89. The second-order valence-electron chi connectivity index (χ2n) is 4.92. The molecule has 1 atom stereocenters. The number of carbonyl (C=O) groups excluding carboxylic acids is 1. The first-order valence-electron chi connectivity index (χ1n) is 6.19. The summed E-state index contributed by atoms with van der Waals surface area (Å²) in [6.45, 7) is 6.88. The van der Waals surface area contributed by atoms with Gasteiger partial charge in [0.1, 0.15) is 0 Å². The highest BCUT2D eigenvalue weighted by atomic mass is 16.3. The third-order valence-corrected chi connectivity index (χ3v) is 3.18. The molecule has 1 aromatic carbocycles. The molecule has 18 heavy (non-hydrogen) atoms. The Hall–Kier alpha value is -1.39. The van der Waals surface area contributed by atoms with Gasteiger partial charge in [0.25, 0.3) is 0 Å². The van der Waals surface area contributed by atoms with Crippen molar-refractivity contribution in [3.8, 4) is 0 Å². The molecule has 0 saturated carbocycles. The molecule has 0 aliphatic rings. The molecular formula is C14H22N2O2. The van der Waals surface area contributed by atoms with E-state index in [1.54, 1.807) is 12.1 Å². The fourth-order valence-electron chi connectivity index (χ4n) is 1.80. The van der Waals surface area contributed by atoms with E-state index in [9.17, 15) is 9.90 Å². The molecule has 0 saturated heterocycles. The summed E-state index contributed by atoms with van der Waals surface area (Å²) in [5, 5.41) is 12.5. The van der Waals surface area contributed by atoms with E-state index in [1.165, 1.54) is 0 Å². The number of amides is 1. The van der Waals surface area contributed by atoms with Gasteiger partial charge in [0, 0.05) is 18.2 Å². The summed E-state index contributed by atoms with van der Waals surface area (Å²) in [7, 11) is 0. The minimum Gasteiger partial charge on any atom is -0.395 e. The molecule has 1 unspecified atom stereocenters. The average Bonchev–Trinajstić information content (AvgIpc) is 2.30. The molecule has 0 aromatic heterocycles. The van der Waals surface area contributed by atoms with Crippen LogP contribution in [0.2, 0.25) is 0 Å². The van der Waals surface area contributed by atoms with Gasteiger partial charge in [0.15, 0.2) is 0 Å². The number of primary amides is 1. The molecule has 0 radical (unpaired) electrons. The van der Waals surface area contributed by atoms with Gasteiger partial charge >= 0.3 is 0 Å². The number of hydrogen-bond donors (Lipinski definition) is 3. The second kappa shape index (κ2) is 6.52. The number of aryl methyl sites for hydroxylation is 1. The Bertz CT molecular complexity index is 416. The molecule has 0 bridgehead atoms. The molecule has 100 valence electrons. The topological polar surface area (TPSA) is 75.4 Å². The van der Waals surface area contributed by atoms with Crippen LogP contribution < -0.4 is 11.1 Å². The quantitative estimate of drug-likeness (QED) is 0.710. The standard InChI is InChI=1S/C14H22N2O2/c1-9(2)13(8-17)16-7-12-5-4-11(14(15)18)6-10(12)3/h4-6,9,13,16-17H,7-8H2,1-3H3,(H2,15,18). The van der Waals surface area contributed by atoms with Crippen molar-refractivity contribution >= 4 is 5.91 Å². The lowest BCUT2D eigenvalue weighted by Crippen LogP contribution is -2.36. The molecule has 4 nitrogen and oxygen atoms in total. The van der Waals surface area contributed by atoms with E-state index in [4.69, 9.17) is 5.73 Å². The maximum atomic E-state index is 11.0. The van der Waals surface area contributed by atoms with Crippen molar-refractivity contribution in [1.29, 1.82) is 0 Å². The van der Waals surface area contributed by atoms with Crippen LogP contribution in [0.15, 0.2) is 18.2 Å². The minimum absolute atomic E-state index is 0.0835. The fourth-order valence-corrected chi connectivity index (χ4v) is 1.80. The average molecular weight is 250 g/mol. The van der Waals surface area contributed by atoms with Crippen LogP contribution in [0.4, 0.5) is 0 Å². The second-order valence-corrected chi connectivity index (χ2v) is 4.92. The van der Waals surface area contributed by atoms with Crippen LogP contribution in [-0.4, -0.2) is 23.7 Å². The first-order chi connectivity index (χ1) is 8.45. The molecule has 0 heterocycles. The predicted octanol–water partition coefficient (Wildman–Crippen LogP) is 1.20. The van der Waals surface area contributed by atoms with E-state index in [0.717, 1.165) is 11.1 Å². The molecular weight excluding hydrogens is 228 g/mol. The zero-order chi connectivity index (χ0) is 13.7. The van der Waals surface area contributed by atoms with E-state index in [0.29, 0.717) is 18.0 Å². The van der Waals surface area contributed by atoms with Crippen molar-refractivity contribution in [3.05, 3.63) is 34.9 Å². The third kappa shape index (κ3) is 3.82. The normalized spacial score (nSPS) is 12.7. The molecule has 1 amide bonds. The highest BCUT2D eigenvalue weighted by Gasteiger charge is 2.12. The van der Waals surface area contributed by atoms with Crippen molar-refractivity contribution in [2.45, 2.75) is 33.4 Å². The third-order valence-electron chi connectivity index (χ3n) is 3.18. The number of aliphatic hydroxyl groups excluding tert-OH is 1. The molecule has 0 aliphatic carbocycles. The van der Waals surface area contributed by atoms with Crippen molar-refractivity contribution in [1.82, 2.24) is 5.32 Å². The van der Waals surface area contributed by atoms with Gasteiger partial charge in [-0.3, -0.25) is 4.79 Å². The monoisotopic (exact) mass is 250 g/mol. The summed E-state index contributed by atoms with van der Waals surface area (Å²) in [6, 6.07) is 5.51. The van der Waals surface area contributed by atoms with Crippen molar-refractivity contribution in [3.63, 3.8) is 0 Å². The van der Waals surface area contributed by atoms with Gasteiger partial charge in [-0.25, -0.2) is 0 Å². The maximum Gasteiger partial charge on any atom is 0.248 e. The van der Waals surface area contributed by atoms with Crippen molar-refractivity contribution in [2.75, 3.05) is 6.61 Å². The Morgan fingerprint density at radius 1 is 1.44 bits per heavy atom. The van der Waals surface area contributed by atoms with Crippen LogP contribution in [0.25, 0.3) is 0 Å². The Morgan fingerprint density at radius 2 is 2.11 bits per heavy atom. The number of nitrogens with two attached hydrogens (primary N) is 1. The predicted molar refractivity (Wildman–Crippen MR) is 72.2 cm³/mol. The summed E-state index contributed by atoms with van der Waals surface area (Å²) in [6.07, 6.45) is 0. The van der Waals surface area contributed by atoms with Crippen LogP contribution in [0.3, 0.4) is 0 Å². The summed E-state index contributed by atoms with van der Waals surface area (Å²) in [4.78, 5) is 11.0. The fraction of sp³-hybridized carbons (Fsp3) is 0.500. The van der Waals surface area contributed by atoms with Gasteiger partial charge in [0.2, 0.25) is 5.91 Å². The molecule has 0 spiro atoms. The van der Waals surface area contributed by atoms with Crippen molar-refractivity contribution in [2.24, 2.45) is 11.7 Å². The van der Waals surface area contributed by atoms with Gasteiger partial charge in [-0.15, -0.1) is 0 Å². The largest absolute Gasteiger partial charge is 0.395 e. The summed E-state index contributed by atoms with van der Waals surface area (Å²) in [5.74, 6) is -0.0341. The van der Waals surface area contributed by atoms with Crippen molar-refractivity contribution < 1.29 is 9.90 Å². The molecule has 1 rings (SSSR count). The lowest BCUT2D eigenvalue weighted by atomic mass is 10.0. The first-order valence-corrected chi connectivity index (χ1v) is 6.19. The van der Waals surface area contributed by atoms with Crippen LogP contribution in [0.1, 0.15) is 35.3 Å². The first kappa shape index (κ1) is 14.7. The van der Waals surface area contributed by atoms with Gasteiger partial charge in [-0.2, -0.15) is 0 Å². The van der Waals surface area contributed by atoms with E-state index < -0.39 is 5.91 Å². The summed E-state index contributed by atoms with van der Waals surface area (Å²) >= 11 is 0. The Balaban J connectivity index is 2.71. The molecule has 0 fully saturated rings. The Kier molecular flexibility index (Phi) is 5.31. The molecule has 1 aromatic rings. The Labute approximate surface area is 108 Å². The van der Waals surface area contributed by atoms with E-state index in [1.807, 2.05) is 13.0 Å². The van der Waals surface area contributed by atoms with Gasteiger partial charge in [0.05, 0.1) is 6.61 Å². The maximum absolute atomic E-state index is 11.0. The number of carbonyl (C=O) groups is 1. The van der Waals surface area contributed by atoms with E-state index in [-0.39, 0.29) is 12.6 Å². The van der Waals surface area contributed by atoms with Crippen LogP contribution >= 0.6 is 0 Å². The number of benzene rings is 1. The zero-order valence-corrected chi connectivity index (χ0v) is 11.2. The van der Waals surface area contributed by atoms with Crippen LogP contribution in [0, 0.1) is 12.8 Å². The smallest absolute Gasteiger partial charge is 0.248 e. The molecule has 4 N–H and O–H groups in total. The van der Waals surface area contributed by atoms with Gasteiger partial charge < -0.3 is 16.2 Å². The zero-order valence-electron chi connectivity index (χ0n) is 11.2. The minimum atomic E-state index is -0.409. The SMILES string of the molecule is Cc1cc(C(N)=O)ccc1CNC(CO)C(C)C. The lowest BCUT2D eigenvalue weighted by molar-refractivity contribution is 0.1000. The lowest BCUT2D eigenvalue weighted by Gasteiger charge is -2.20. The van der Waals surface area contributed by atoms with Gasteiger partial charge in [-0.05, 0) is 36.1 Å². The highest BCUT2D eigenvalue weighted by molar-refractivity contribution is 5.93. The molecule has 0 aliphatic heterocycles. The summed E-state index contributed by atoms with van der Waals surface area (Å²) < 4.78 is 0. The molecule has 4 heteroatoms. The highest BCUT2D eigenvalue weighted by Crippen LogP contribution is 2.12. The van der Waals surface area contributed by atoms with E-state index >= 15 is 0 Å². The Morgan fingerprint density at radius 3 is 2.56 bits per heavy atom. The number of nitrogens with one attached hydrogen (secondary N) is 1. The number of hydrogen-bond acceptors (Lipinski definition) is 3. The number of rotatable bonds is 6. The van der Waals surface area contributed by atoms with Crippen LogP contribution in [-0.2, 0) is 6.54 Å². The van der Waals surface area contributed by atoms with Crippen LogP contribution in [0.5, 0.6) is 0 Å². The van der Waals surface area contributed by atoms with Gasteiger partial charge in [-0.1, -0.05) is 19.9 Å². The number of aliphatic hydroxyl groups is 1.